The van der Waals surface area contributed by atoms with Crippen LogP contribution in [0.3, 0.4) is 0 Å². The molecule has 0 fully saturated rings. The summed E-state index contributed by atoms with van der Waals surface area (Å²) in [6.45, 7) is -2.06. The van der Waals surface area contributed by atoms with Gasteiger partial charge in [0.25, 0.3) is 0 Å². The van der Waals surface area contributed by atoms with E-state index in [1.165, 1.54) is 28.4 Å². The van der Waals surface area contributed by atoms with Crippen molar-refractivity contribution in [2.45, 2.75) is 0 Å². The first-order valence-electron chi connectivity index (χ1n) is 8.95. The molecule has 0 bridgehead atoms. The molecule has 0 aliphatic rings. The Hall–Kier alpha value is -3.50. The fourth-order valence-corrected chi connectivity index (χ4v) is 3.04. The van der Waals surface area contributed by atoms with Crippen molar-refractivity contribution in [1.29, 1.82) is 0 Å². The van der Waals surface area contributed by atoms with Gasteiger partial charge in [0.15, 0.2) is 34.6 Å². The van der Waals surface area contributed by atoms with Gasteiger partial charge in [-0.25, -0.2) is 0 Å². The fourth-order valence-electron chi connectivity index (χ4n) is 3.04. The third-order valence-electron chi connectivity index (χ3n) is 4.89. The third-order valence-corrected chi connectivity index (χ3v) is 4.89. The van der Waals surface area contributed by atoms with Crippen LogP contribution in [-0.4, -0.2) is 73.6 Å². The van der Waals surface area contributed by atoms with Gasteiger partial charge in [-0.15, -0.1) is 0 Å². The van der Waals surface area contributed by atoms with E-state index in [9.17, 15) is 30.0 Å². The lowest BCUT2D eigenvalue weighted by Crippen LogP contribution is -2.46. The number of aliphatic hydroxyl groups excluding tert-OH is 2. The van der Waals surface area contributed by atoms with Gasteiger partial charge in [0.05, 0.1) is 41.7 Å². The summed E-state index contributed by atoms with van der Waals surface area (Å²) < 4.78 is 20.1. The number of carbonyl (C=O) groups excluding carboxylic acids is 2. The second-order valence-corrected chi connectivity index (χ2v) is 6.52. The number of rotatable bonds is 10. The van der Waals surface area contributed by atoms with E-state index >= 15 is 0 Å². The Bertz CT molecular complexity index is 853. The zero-order valence-corrected chi connectivity index (χ0v) is 17.5. The minimum absolute atomic E-state index is 0.104. The van der Waals surface area contributed by atoms with Crippen LogP contribution in [0.5, 0.6) is 34.5 Å². The van der Waals surface area contributed by atoms with Gasteiger partial charge in [0, 0.05) is 11.1 Å². The molecular weight excluding hydrogens is 412 g/mol. The molecule has 0 aliphatic heterocycles. The van der Waals surface area contributed by atoms with E-state index in [0.717, 1.165) is 24.3 Å². The van der Waals surface area contributed by atoms with E-state index in [1.54, 1.807) is 0 Å². The topological polar surface area (TPSA) is 152 Å². The van der Waals surface area contributed by atoms with Crippen molar-refractivity contribution in [3.05, 3.63) is 35.4 Å². The van der Waals surface area contributed by atoms with Gasteiger partial charge in [0.1, 0.15) is 5.41 Å². The van der Waals surface area contributed by atoms with Crippen LogP contribution in [-0.2, 0) is 0 Å². The molecular formula is C21H24O10. The molecule has 0 amide bonds. The smallest absolute Gasteiger partial charge is 0.200 e. The van der Waals surface area contributed by atoms with Crippen molar-refractivity contribution in [1.82, 2.24) is 0 Å². The minimum Gasteiger partial charge on any atom is -0.502 e. The van der Waals surface area contributed by atoms with Crippen molar-refractivity contribution >= 4 is 11.6 Å². The first kappa shape index (κ1) is 23.8. The first-order chi connectivity index (χ1) is 14.7. The summed E-state index contributed by atoms with van der Waals surface area (Å²) in [6, 6.07) is 4.63. The number of hydrogen-bond donors (Lipinski definition) is 4. The number of hydrogen-bond acceptors (Lipinski definition) is 10. The Kier molecular flexibility index (Phi) is 7.32. The van der Waals surface area contributed by atoms with Gasteiger partial charge in [-0.2, -0.15) is 0 Å². The fraction of sp³-hybridized carbons (Fsp3) is 0.333. The predicted octanol–water partition coefficient (Wildman–Crippen LogP) is 1.17. The lowest BCUT2D eigenvalue weighted by molar-refractivity contribution is 0.0366. The summed E-state index contributed by atoms with van der Waals surface area (Å²) >= 11 is 0. The van der Waals surface area contributed by atoms with Crippen molar-refractivity contribution < 1.29 is 49.0 Å². The highest BCUT2D eigenvalue weighted by Crippen LogP contribution is 2.41. The van der Waals surface area contributed by atoms with Gasteiger partial charge in [-0.3, -0.25) is 9.59 Å². The quantitative estimate of drug-likeness (QED) is 0.315. The molecule has 0 atom stereocenters. The molecule has 0 aliphatic carbocycles. The molecule has 168 valence electrons. The summed E-state index contributed by atoms with van der Waals surface area (Å²) in [5.74, 6) is -3.02. The van der Waals surface area contributed by atoms with Gasteiger partial charge < -0.3 is 39.4 Å². The number of phenols is 2. The van der Waals surface area contributed by atoms with Crippen molar-refractivity contribution in [2.24, 2.45) is 5.41 Å². The Morgan fingerprint density at radius 3 is 1.13 bits per heavy atom. The second kappa shape index (κ2) is 9.54. The largest absolute Gasteiger partial charge is 0.502 e. The summed E-state index contributed by atoms with van der Waals surface area (Å²) in [6.07, 6.45) is 0. The van der Waals surface area contributed by atoms with Crippen LogP contribution >= 0.6 is 0 Å². The maximum atomic E-state index is 13.3. The van der Waals surface area contributed by atoms with Crippen molar-refractivity contribution in [3.8, 4) is 34.5 Å². The lowest BCUT2D eigenvalue weighted by atomic mass is 9.75. The molecule has 0 spiro atoms. The molecule has 10 nitrogen and oxygen atoms in total. The number of methoxy groups -OCH3 is 4. The number of Topliss-reactive ketones (excluding diaryl/α,β-unsaturated/α-hetero) is 2. The van der Waals surface area contributed by atoms with E-state index in [-0.39, 0.29) is 45.6 Å². The molecule has 0 aromatic heterocycles. The van der Waals surface area contributed by atoms with E-state index in [1.807, 2.05) is 0 Å². The second-order valence-electron chi connectivity index (χ2n) is 6.52. The van der Waals surface area contributed by atoms with Gasteiger partial charge in [-0.1, -0.05) is 0 Å². The first-order valence-corrected chi connectivity index (χ1v) is 8.95. The molecule has 0 heterocycles. The summed E-state index contributed by atoms with van der Waals surface area (Å²) in [5.41, 5.74) is -2.60. The Labute approximate surface area is 178 Å². The molecule has 0 saturated carbocycles. The molecule has 4 N–H and O–H groups in total. The molecule has 0 saturated heterocycles. The SMILES string of the molecule is COc1cc(C(=O)C(CO)(CO)C(=O)c2cc(OC)c(O)c(OC)c2)cc(OC)c1O. The summed E-state index contributed by atoms with van der Waals surface area (Å²) in [7, 11) is 5.03. The van der Waals surface area contributed by atoms with Crippen LogP contribution in [0.4, 0.5) is 0 Å². The standard InChI is InChI=1S/C21H24O10/c1-28-13-5-11(6-14(29-2)17(13)24)19(26)21(9-22,10-23)20(27)12-7-15(30-3)18(25)16(8-12)31-4/h5-8,22-25H,9-10H2,1-4H3. The van der Waals surface area contributed by atoms with Crippen molar-refractivity contribution in [3.63, 3.8) is 0 Å². The zero-order valence-electron chi connectivity index (χ0n) is 17.5. The predicted molar refractivity (Wildman–Crippen MR) is 108 cm³/mol. The molecule has 2 aromatic carbocycles. The van der Waals surface area contributed by atoms with Crippen molar-refractivity contribution in [2.75, 3.05) is 41.7 Å². The van der Waals surface area contributed by atoms with E-state index in [0.29, 0.717) is 0 Å². The summed E-state index contributed by atoms with van der Waals surface area (Å²) in [4.78, 5) is 26.6. The number of aliphatic hydroxyl groups is 2. The zero-order chi connectivity index (χ0) is 23.3. The molecule has 2 aromatic rings. The lowest BCUT2D eigenvalue weighted by Gasteiger charge is -2.27. The normalized spacial score (nSPS) is 11.0. The maximum Gasteiger partial charge on any atom is 0.200 e. The third kappa shape index (κ3) is 4.07. The molecule has 0 unspecified atom stereocenters. The maximum absolute atomic E-state index is 13.3. The average molecular weight is 436 g/mol. The van der Waals surface area contributed by atoms with E-state index < -0.39 is 30.2 Å². The Balaban J connectivity index is 2.66. The number of ketones is 2. The van der Waals surface area contributed by atoms with Crippen LogP contribution in [0.1, 0.15) is 20.7 Å². The monoisotopic (exact) mass is 436 g/mol. The minimum atomic E-state index is -2.29. The molecule has 2 rings (SSSR count). The van der Waals surface area contributed by atoms with Gasteiger partial charge >= 0.3 is 0 Å². The van der Waals surface area contributed by atoms with Crippen LogP contribution in [0.25, 0.3) is 0 Å². The number of phenolic OH excluding ortho intramolecular Hbond substituents is 2. The highest BCUT2D eigenvalue weighted by atomic mass is 16.5. The highest BCUT2D eigenvalue weighted by Gasteiger charge is 2.46. The Morgan fingerprint density at radius 2 is 0.935 bits per heavy atom. The molecule has 10 heteroatoms. The number of benzene rings is 2. The number of ether oxygens (including phenoxy) is 4. The van der Waals surface area contributed by atoms with Gasteiger partial charge in [-0.05, 0) is 24.3 Å². The Morgan fingerprint density at radius 1 is 0.677 bits per heavy atom. The molecule has 31 heavy (non-hydrogen) atoms. The van der Waals surface area contributed by atoms with E-state index in [4.69, 9.17) is 18.9 Å². The highest BCUT2D eigenvalue weighted by molar-refractivity contribution is 6.20. The number of carbonyl (C=O) groups is 2. The van der Waals surface area contributed by atoms with Crippen LogP contribution in [0.2, 0.25) is 0 Å². The number of aromatic hydroxyl groups is 2. The van der Waals surface area contributed by atoms with Crippen LogP contribution in [0, 0.1) is 5.41 Å². The summed E-state index contributed by atoms with van der Waals surface area (Å²) in [5, 5.41) is 40.2. The van der Waals surface area contributed by atoms with Crippen LogP contribution in [0.15, 0.2) is 24.3 Å². The van der Waals surface area contributed by atoms with Gasteiger partial charge in [0.2, 0.25) is 11.5 Å². The molecule has 0 radical (unpaired) electrons. The van der Waals surface area contributed by atoms with Crippen LogP contribution < -0.4 is 18.9 Å². The average Bonchev–Trinajstić information content (AvgIpc) is 2.80. The van der Waals surface area contributed by atoms with E-state index in [2.05, 4.69) is 0 Å².